The third-order valence-corrected chi connectivity index (χ3v) is 4.36. The van der Waals surface area contributed by atoms with Gasteiger partial charge in [-0.15, -0.1) is 0 Å². The number of nitro benzene ring substituents is 1. The number of carbonyl (C=O) groups excluding carboxylic acids is 2. The van der Waals surface area contributed by atoms with Gasteiger partial charge in [-0.1, -0.05) is 13.8 Å². The highest BCUT2D eigenvalue weighted by Gasteiger charge is 2.25. The van der Waals surface area contributed by atoms with E-state index < -0.39 is 22.8 Å². The molecule has 1 aliphatic rings. The average Bonchev–Trinajstić information content (AvgIpc) is 3.19. The van der Waals surface area contributed by atoms with Crippen LogP contribution in [0.2, 0.25) is 0 Å². The highest BCUT2D eigenvalue weighted by Crippen LogP contribution is 2.32. The molecule has 10 heteroatoms. The summed E-state index contributed by atoms with van der Waals surface area (Å²) in [6, 6.07) is 9.65. The van der Waals surface area contributed by atoms with Crippen molar-refractivity contribution in [2.24, 2.45) is 11.0 Å². The van der Waals surface area contributed by atoms with Gasteiger partial charge in [0, 0.05) is 17.7 Å². The van der Waals surface area contributed by atoms with Crippen molar-refractivity contribution in [2.45, 2.75) is 19.9 Å². The summed E-state index contributed by atoms with van der Waals surface area (Å²) in [6.45, 7) is 3.69. The lowest BCUT2D eigenvalue weighted by Crippen LogP contribution is -2.48. The quantitative estimate of drug-likeness (QED) is 0.407. The van der Waals surface area contributed by atoms with Gasteiger partial charge in [0.2, 0.25) is 6.79 Å². The summed E-state index contributed by atoms with van der Waals surface area (Å²) in [7, 11) is 0. The van der Waals surface area contributed by atoms with Gasteiger partial charge < -0.3 is 14.8 Å². The molecule has 2 N–H and O–H groups in total. The van der Waals surface area contributed by atoms with E-state index >= 15 is 0 Å². The highest BCUT2D eigenvalue weighted by molar-refractivity contribution is 5.98. The van der Waals surface area contributed by atoms with Crippen molar-refractivity contribution >= 4 is 23.7 Å². The van der Waals surface area contributed by atoms with Crippen molar-refractivity contribution in [1.82, 2.24) is 10.7 Å². The molecule has 2 amide bonds. The number of ether oxygens (including phenoxy) is 2. The number of nitrogens with zero attached hydrogens (tertiary/aromatic N) is 2. The minimum absolute atomic E-state index is 0.0395. The monoisotopic (exact) mass is 412 g/mol. The molecule has 0 saturated carbocycles. The van der Waals surface area contributed by atoms with E-state index in [0.717, 1.165) is 0 Å². The van der Waals surface area contributed by atoms with Crippen LogP contribution in [0.3, 0.4) is 0 Å². The van der Waals surface area contributed by atoms with Gasteiger partial charge in [-0.25, -0.2) is 5.43 Å². The second kappa shape index (κ2) is 9.03. The Morgan fingerprint density at radius 3 is 2.50 bits per heavy atom. The lowest BCUT2D eigenvalue weighted by Gasteiger charge is -2.20. The van der Waals surface area contributed by atoms with Gasteiger partial charge in [-0.3, -0.25) is 19.7 Å². The Morgan fingerprint density at radius 1 is 1.13 bits per heavy atom. The molecule has 0 spiro atoms. The number of benzene rings is 2. The summed E-state index contributed by atoms with van der Waals surface area (Å²) < 4.78 is 10.5. The first-order chi connectivity index (χ1) is 14.3. The summed E-state index contributed by atoms with van der Waals surface area (Å²) in [5.74, 6) is -0.0810. The molecule has 1 aliphatic heterocycles. The minimum Gasteiger partial charge on any atom is -0.454 e. The molecule has 1 heterocycles. The second-order valence-corrected chi connectivity index (χ2v) is 6.85. The van der Waals surface area contributed by atoms with E-state index in [-0.39, 0.29) is 18.4 Å². The number of rotatable bonds is 7. The van der Waals surface area contributed by atoms with E-state index in [1.165, 1.54) is 30.5 Å². The van der Waals surface area contributed by atoms with Crippen molar-refractivity contribution in [3.8, 4) is 11.5 Å². The Bertz CT molecular complexity index is 987. The molecule has 30 heavy (non-hydrogen) atoms. The van der Waals surface area contributed by atoms with Crippen LogP contribution in [0.5, 0.6) is 11.5 Å². The number of nitro groups is 1. The van der Waals surface area contributed by atoms with Crippen LogP contribution in [-0.4, -0.2) is 35.8 Å². The number of nitrogens with one attached hydrogen (secondary N) is 2. The Balaban J connectivity index is 1.61. The largest absolute Gasteiger partial charge is 0.454 e. The fraction of sp³-hybridized carbons (Fsp3) is 0.250. The number of non-ortho nitro benzene ring substituents is 1. The van der Waals surface area contributed by atoms with Crippen LogP contribution >= 0.6 is 0 Å². The Hall–Kier alpha value is -3.95. The van der Waals surface area contributed by atoms with Crippen LogP contribution in [0.4, 0.5) is 5.69 Å². The lowest BCUT2D eigenvalue weighted by atomic mass is 10.0. The first kappa shape index (κ1) is 20.8. The van der Waals surface area contributed by atoms with Gasteiger partial charge in [-0.05, 0) is 41.8 Å². The Kier molecular flexibility index (Phi) is 6.26. The summed E-state index contributed by atoms with van der Waals surface area (Å²) in [6.07, 6.45) is 1.36. The number of hydrogen-bond acceptors (Lipinski definition) is 7. The predicted octanol–water partition coefficient (Wildman–Crippen LogP) is 2.23. The van der Waals surface area contributed by atoms with E-state index in [9.17, 15) is 19.7 Å². The summed E-state index contributed by atoms with van der Waals surface area (Å²) in [4.78, 5) is 35.2. The van der Waals surface area contributed by atoms with Crippen LogP contribution in [0, 0.1) is 16.0 Å². The first-order valence-corrected chi connectivity index (χ1v) is 9.13. The van der Waals surface area contributed by atoms with E-state index in [1.54, 1.807) is 32.0 Å². The molecular formula is C20H20N4O6. The number of hydrazone groups is 1. The molecule has 1 atom stereocenters. The minimum atomic E-state index is -0.822. The molecule has 0 saturated heterocycles. The van der Waals surface area contributed by atoms with Crippen LogP contribution < -0.4 is 20.2 Å². The van der Waals surface area contributed by atoms with Crippen LogP contribution in [0.25, 0.3) is 0 Å². The maximum atomic E-state index is 12.6. The summed E-state index contributed by atoms with van der Waals surface area (Å²) in [5.41, 5.74) is 3.26. The van der Waals surface area contributed by atoms with Crippen molar-refractivity contribution < 1.29 is 24.0 Å². The zero-order valence-corrected chi connectivity index (χ0v) is 16.3. The van der Waals surface area contributed by atoms with E-state index in [4.69, 9.17) is 9.47 Å². The van der Waals surface area contributed by atoms with Crippen LogP contribution in [-0.2, 0) is 4.79 Å². The normalized spacial score (nSPS) is 13.3. The first-order valence-electron chi connectivity index (χ1n) is 9.13. The van der Waals surface area contributed by atoms with Crippen LogP contribution in [0.1, 0.15) is 29.8 Å². The zero-order valence-electron chi connectivity index (χ0n) is 16.3. The number of hydrogen-bond donors (Lipinski definition) is 2. The third-order valence-electron chi connectivity index (χ3n) is 4.36. The highest BCUT2D eigenvalue weighted by atomic mass is 16.7. The SMILES string of the molecule is CC(C)C(NC(=O)c1ccc2c(c1)OCO2)C(=O)N/N=C/c1ccc([N+](=O)[O-])cc1. The lowest BCUT2D eigenvalue weighted by molar-refractivity contribution is -0.384. The van der Waals surface area contributed by atoms with Gasteiger partial charge in [0.25, 0.3) is 17.5 Å². The standard InChI is InChI=1S/C20H20N4O6/c1-12(2)18(22-19(25)14-5-8-16-17(9-14)30-11-29-16)20(26)23-21-10-13-3-6-15(7-4-13)24(27)28/h3-10,12,18H,11H2,1-2H3,(H,22,25)(H,23,26)/b21-10+. The van der Waals surface area contributed by atoms with Crippen LogP contribution in [0.15, 0.2) is 47.6 Å². The second-order valence-electron chi connectivity index (χ2n) is 6.85. The molecule has 0 aromatic heterocycles. The molecule has 0 aliphatic carbocycles. The number of amides is 2. The fourth-order valence-corrected chi connectivity index (χ4v) is 2.72. The predicted molar refractivity (Wildman–Crippen MR) is 107 cm³/mol. The van der Waals surface area contributed by atoms with Crippen molar-refractivity contribution in [3.63, 3.8) is 0 Å². The van der Waals surface area contributed by atoms with Gasteiger partial charge in [0.1, 0.15) is 6.04 Å². The summed E-state index contributed by atoms with van der Waals surface area (Å²) >= 11 is 0. The molecule has 10 nitrogen and oxygen atoms in total. The molecule has 0 bridgehead atoms. The maximum absolute atomic E-state index is 12.6. The molecule has 3 rings (SSSR count). The van der Waals surface area contributed by atoms with Gasteiger partial charge in [-0.2, -0.15) is 5.10 Å². The zero-order chi connectivity index (χ0) is 21.7. The van der Waals surface area contributed by atoms with Gasteiger partial charge >= 0.3 is 0 Å². The molecule has 156 valence electrons. The molecule has 2 aromatic carbocycles. The molecule has 2 aromatic rings. The fourth-order valence-electron chi connectivity index (χ4n) is 2.72. The van der Waals surface area contributed by atoms with E-state index in [1.807, 2.05) is 0 Å². The van der Waals surface area contributed by atoms with Gasteiger partial charge in [0.15, 0.2) is 11.5 Å². The average molecular weight is 412 g/mol. The Labute approximate surface area is 172 Å². The van der Waals surface area contributed by atoms with Crippen molar-refractivity contribution in [2.75, 3.05) is 6.79 Å². The molecule has 1 unspecified atom stereocenters. The summed E-state index contributed by atoms with van der Waals surface area (Å²) in [5, 5.41) is 17.2. The maximum Gasteiger partial charge on any atom is 0.269 e. The molecule has 0 fully saturated rings. The third kappa shape index (κ3) is 4.90. The number of carbonyl (C=O) groups is 2. The van der Waals surface area contributed by atoms with E-state index in [0.29, 0.717) is 22.6 Å². The van der Waals surface area contributed by atoms with Crippen molar-refractivity contribution in [1.29, 1.82) is 0 Å². The smallest absolute Gasteiger partial charge is 0.269 e. The van der Waals surface area contributed by atoms with E-state index in [2.05, 4.69) is 15.8 Å². The number of fused-ring (bicyclic) bond motifs is 1. The topological polar surface area (TPSA) is 132 Å². The van der Waals surface area contributed by atoms with Crippen molar-refractivity contribution in [3.05, 3.63) is 63.7 Å². The Morgan fingerprint density at radius 2 is 1.83 bits per heavy atom. The molecular weight excluding hydrogens is 392 g/mol. The molecule has 0 radical (unpaired) electrons. The van der Waals surface area contributed by atoms with Gasteiger partial charge in [0.05, 0.1) is 11.1 Å².